The lowest BCUT2D eigenvalue weighted by molar-refractivity contribution is 0.122. The lowest BCUT2D eigenvalue weighted by Crippen LogP contribution is -2.26. The summed E-state index contributed by atoms with van der Waals surface area (Å²) in [7, 11) is 0. The highest BCUT2D eigenvalue weighted by atomic mass is 16.5. The molecule has 2 fully saturated rings. The van der Waals surface area contributed by atoms with Crippen LogP contribution >= 0.6 is 0 Å². The molecule has 0 aromatic heterocycles. The molecule has 2 heteroatoms. The number of hydrogen-bond donors (Lipinski definition) is 1. The Morgan fingerprint density at radius 2 is 2.12 bits per heavy atom. The van der Waals surface area contributed by atoms with Crippen LogP contribution in [0.5, 0.6) is 0 Å². The predicted octanol–water partition coefficient (Wildman–Crippen LogP) is 2.60. The van der Waals surface area contributed by atoms with Crippen LogP contribution in [0.2, 0.25) is 0 Å². The maximum Gasteiger partial charge on any atom is 0.0494 e. The van der Waals surface area contributed by atoms with Crippen LogP contribution in [0.15, 0.2) is 12.2 Å². The van der Waals surface area contributed by atoms with E-state index in [0.717, 1.165) is 43.4 Å². The van der Waals surface area contributed by atoms with E-state index in [1.807, 2.05) is 0 Å². The van der Waals surface area contributed by atoms with Gasteiger partial charge in [-0.1, -0.05) is 12.2 Å². The highest BCUT2D eigenvalue weighted by Gasteiger charge is 2.34. The molecule has 0 aromatic rings. The average Bonchev–Trinajstić information content (AvgIpc) is 2.93. The molecule has 3 aliphatic rings. The Balaban J connectivity index is 1.18. The Morgan fingerprint density at radius 1 is 1.18 bits per heavy atom. The average molecular weight is 235 g/mol. The summed E-state index contributed by atoms with van der Waals surface area (Å²) in [5.74, 6) is 3.62. The van der Waals surface area contributed by atoms with Gasteiger partial charge >= 0.3 is 0 Å². The van der Waals surface area contributed by atoms with Gasteiger partial charge in [0.15, 0.2) is 0 Å². The monoisotopic (exact) mass is 235 g/mol. The molecule has 0 aliphatic heterocycles. The molecule has 96 valence electrons. The minimum atomic E-state index is 0.888. The number of ether oxygens (including phenoxy) is 1. The molecule has 2 bridgehead atoms. The zero-order chi connectivity index (χ0) is 11.5. The second-order valence-electron chi connectivity index (χ2n) is 6.12. The molecule has 1 N–H and O–H groups in total. The van der Waals surface area contributed by atoms with Crippen molar-refractivity contribution in [3.63, 3.8) is 0 Å². The van der Waals surface area contributed by atoms with Crippen molar-refractivity contribution in [2.75, 3.05) is 26.3 Å². The van der Waals surface area contributed by atoms with E-state index in [0.29, 0.717) is 0 Å². The largest absolute Gasteiger partial charge is 0.381 e. The van der Waals surface area contributed by atoms with Gasteiger partial charge in [-0.3, -0.25) is 0 Å². The molecule has 3 rings (SSSR count). The van der Waals surface area contributed by atoms with Crippen molar-refractivity contribution in [3.05, 3.63) is 12.2 Å². The first kappa shape index (κ1) is 11.7. The van der Waals surface area contributed by atoms with Gasteiger partial charge in [0.1, 0.15) is 0 Å². The quantitative estimate of drug-likeness (QED) is 0.516. The minimum absolute atomic E-state index is 0.888. The molecular formula is C15H25NO. The zero-order valence-corrected chi connectivity index (χ0v) is 10.7. The number of nitrogens with one attached hydrogen (secondary N) is 1. The van der Waals surface area contributed by atoms with Crippen LogP contribution in [-0.4, -0.2) is 26.3 Å². The van der Waals surface area contributed by atoms with Crippen LogP contribution in [-0.2, 0) is 4.74 Å². The predicted molar refractivity (Wildman–Crippen MR) is 69.9 cm³/mol. The van der Waals surface area contributed by atoms with Gasteiger partial charge in [0, 0.05) is 13.2 Å². The maximum atomic E-state index is 5.63. The summed E-state index contributed by atoms with van der Waals surface area (Å²) in [6, 6.07) is 0. The van der Waals surface area contributed by atoms with E-state index in [2.05, 4.69) is 17.5 Å². The molecular weight excluding hydrogens is 210 g/mol. The summed E-state index contributed by atoms with van der Waals surface area (Å²) in [5.41, 5.74) is 0. The van der Waals surface area contributed by atoms with Gasteiger partial charge in [0.2, 0.25) is 0 Å². The van der Waals surface area contributed by atoms with Gasteiger partial charge in [0.25, 0.3) is 0 Å². The van der Waals surface area contributed by atoms with Crippen molar-refractivity contribution < 1.29 is 4.74 Å². The van der Waals surface area contributed by atoms with Crippen LogP contribution in [0, 0.1) is 23.7 Å². The molecule has 0 aromatic carbocycles. The fraction of sp³-hybridized carbons (Fsp3) is 0.867. The molecule has 0 heterocycles. The normalized spacial score (nSPS) is 34.7. The van der Waals surface area contributed by atoms with E-state index in [1.54, 1.807) is 0 Å². The van der Waals surface area contributed by atoms with Crippen molar-refractivity contribution in [1.82, 2.24) is 5.32 Å². The van der Waals surface area contributed by atoms with Crippen molar-refractivity contribution >= 4 is 0 Å². The van der Waals surface area contributed by atoms with E-state index in [9.17, 15) is 0 Å². The summed E-state index contributed by atoms with van der Waals surface area (Å²) >= 11 is 0. The van der Waals surface area contributed by atoms with E-state index in [4.69, 9.17) is 4.74 Å². The maximum absolute atomic E-state index is 5.63. The van der Waals surface area contributed by atoms with Crippen LogP contribution in [0.25, 0.3) is 0 Å². The first-order valence-corrected chi connectivity index (χ1v) is 7.38. The fourth-order valence-electron chi connectivity index (χ4n) is 3.25. The highest BCUT2D eigenvalue weighted by molar-refractivity contribution is 5.10. The van der Waals surface area contributed by atoms with Crippen LogP contribution in [0.1, 0.15) is 32.1 Å². The lowest BCUT2D eigenvalue weighted by Gasteiger charge is -2.18. The molecule has 2 nitrogen and oxygen atoms in total. The smallest absolute Gasteiger partial charge is 0.0494 e. The Morgan fingerprint density at radius 3 is 2.82 bits per heavy atom. The van der Waals surface area contributed by atoms with Gasteiger partial charge < -0.3 is 10.1 Å². The molecule has 17 heavy (non-hydrogen) atoms. The summed E-state index contributed by atoms with van der Waals surface area (Å²) in [6.45, 7) is 4.30. The summed E-state index contributed by atoms with van der Waals surface area (Å²) < 4.78 is 5.63. The van der Waals surface area contributed by atoms with E-state index < -0.39 is 0 Å². The minimum Gasteiger partial charge on any atom is -0.381 e. The lowest BCUT2D eigenvalue weighted by atomic mass is 9.94. The summed E-state index contributed by atoms with van der Waals surface area (Å²) in [4.78, 5) is 0. The molecule has 3 atom stereocenters. The number of rotatable bonds is 8. The topological polar surface area (TPSA) is 21.3 Å². The Hall–Kier alpha value is -0.340. The second-order valence-corrected chi connectivity index (χ2v) is 6.12. The first-order valence-electron chi connectivity index (χ1n) is 7.38. The van der Waals surface area contributed by atoms with Gasteiger partial charge in [-0.05, 0) is 68.9 Å². The molecule has 0 spiro atoms. The van der Waals surface area contributed by atoms with Crippen molar-refractivity contribution in [3.8, 4) is 0 Å². The first-order chi connectivity index (χ1) is 8.42. The van der Waals surface area contributed by atoms with Crippen LogP contribution < -0.4 is 5.32 Å². The van der Waals surface area contributed by atoms with Crippen molar-refractivity contribution in [2.24, 2.45) is 23.7 Å². The molecule has 3 unspecified atom stereocenters. The third-order valence-corrected chi connectivity index (χ3v) is 4.52. The number of hydrogen-bond acceptors (Lipinski definition) is 2. The SMILES string of the molecule is C1=CC2CC1CC2CNCCCOCC1CC1. The Bertz CT molecular complexity index is 272. The third-order valence-electron chi connectivity index (χ3n) is 4.52. The molecule has 3 aliphatic carbocycles. The zero-order valence-electron chi connectivity index (χ0n) is 10.7. The number of fused-ring (bicyclic) bond motifs is 2. The Labute approximate surface area is 105 Å². The summed E-state index contributed by atoms with van der Waals surface area (Å²) in [5, 5.41) is 3.60. The molecule has 0 radical (unpaired) electrons. The van der Waals surface area contributed by atoms with Crippen LogP contribution in [0.4, 0.5) is 0 Å². The second kappa shape index (κ2) is 5.53. The highest BCUT2D eigenvalue weighted by Crippen LogP contribution is 2.42. The molecule has 0 amide bonds. The van der Waals surface area contributed by atoms with E-state index in [1.165, 1.54) is 38.6 Å². The van der Waals surface area contributed by atoms with Crippen molar-refractivity contribution in [1.29, 1.82) is 0 Å². The third kappa shape index (κ3) is 3.32. The number of allylic oxidation sites excluding steroid dienone is 2. The van der Waals surface area contributed by atoms with Crippen molar-refractivity contribution in [2.45, 2.75) is 32.1 Å². The van der Waals surface area contributed by atoms with Crippen LogP contribution in [0.3, 0.4) is 0 Å². The Kier molecular flexibility index (Phi) is 3.82. The van der Waals surface area contributed by atoms with Gasteiger partial charge in [-0.25, -0.2) is 0 Å². The fourth-order valence-corrected chi connectivity index (χ4v) is 3.25. The molecule has 0 saturated heterocycles. The van der Waals surface area contributed by atoms with E-state index >= 15 is 0 Å². The van der Waals surface area contributed by atoms with Gasteiger partial charge in [0.05, 0.1) is 0 Å². The van der Waals surface area contributed by atoms with E-state index in [-0.39, 0.29) is 0 Å². The van der Waals surface area contributed by atoms with Gasteiger partial charge in [-0.15, -0.1) is 0 Å². The standard InChI is InChI=1S/C15H25NO/c1(7-17-11-12-2-3-12)6-16-10-15-9-13-4-5-14(15)8-13/h4-5,12-16H,1-3,6-11H2. The van der Waals surface area contributed by atoms with Gasteiger partial charge in [-0.2, -0.15) is 0 Å². The molecule has 2 saturated carbocycles. The summed E-state index contributed by atoms with van der Waals surface area (Å²) in [6.07, 6.45) is 11.7.